The van der Waals surface area contributed by atoms with E-state index < -0.39 is 0 Å². The summed E-state index contributed by atoms with van der Waals surface area (Å²) in [4.78, 5) is 0. The van der Waals surface area contributed by atoms with Crippen LogP contribution in [0.15, 0.2) is 24.3 Å². The summed E-state index contributed by atoms with van der Waals surface area (Å²) in [6.07, 6.45) is 1.21. The molecule has 2 rings (SSSR count). The highest BCUT2D eigenvalue weighted by Crippen LogP contribution is 2.19. The van der Waals surface area contributed by atoms with Crippen molar-refractivity contribution < 1.29 is 0 Å². The molecule has 0 radical (unpaired) electrons. The minimum absolute atomic E-state index is 0.403. The van der Waals surface area contributed by atoms with Gasteiger partial charge >= 0.3 is 5.27 Å². The van der Waals surface area contributed by atoms with Gasteiger partial charge in [0, 0.05) is 0 Å². The summed E-state index contributed by atoms with van der Waals surface area (Å²) in [6, 6.07) is 8.58. The summed E-state index contributed by atoms with van der Waals surface area (Å²) in [5.74, 6) is 1.21. The Kier molecular flexibility index (Phi) is 2.19. The van der Waals surface area contributed by atoms with E-state index in [1.807, 2.05) is 11.6 Å². The SMILES string of the molecule is SB1SCCc2ccccc21. The van der Waals surface area contributed by atoms with Gasteiger partial charge < -0.3 is 0 Å². The molecule has 11 heavy (non-hydrogen) atoms. The zero-order chi connectivity index (χ0) is 7.68. The molecule has 1 aromatic carbocycles. The van der Waals surface area contributed by atoms with Gasteiger partial charge in [-0.2, -0.15) is 11.6 Å². The average molecular weight is 180 g/mol. The van der Waals surface area contributed by atoms with Gasteiger partial charge in [0.15, 0.2) is 0 Å². The van der Waals surface area contributed by atoms with Crippen LogP contribution in [0.5, 0.6) is 0 Å². The molecule has 0 fully saturated rings. The van der Waals surface area contributed by atoms with Gasteiger partial charge in [0.2, 0.25) is 0 Å². The molecule has 0 saturated carbocycles. The second-order valence-corrected chi connectivity index (χ2v) is 4.75. The molecule has 0 N–H and O–H groups in total. The first kappa shape index (κ1) is 7.62. The van der Waals surface area contributed by atoms with Crippen LogP contribution in [0.25, 0.3) is 0 Å². The maximum atomic E-state index is 4.50. The van der Waals surface area contributed by atoms with E-state index in [4.69, 9.17) is 0 Å². The maximum Gasteiger partial charge on any atom is 0.304 e. The van der Waals surface area contributed by atoms with Gasteiger partial charge in [0.25, 0.3) is 0 Å². The smallest absolute Gasteiger partial charge is 0.208 e. The van der Waals surface area contributed by atoms with Gasteiger partial charge in [-0.05, 0) is 12.2 Å². The molecule has 1 heterocycles. The van der Waals surface area contributed by atoms with Crippen LogP contribution < -0.4 is 5.46 Å². The summed E-state index contributed by atoms with van der Waals surface area (Å²) in [6.45, 7) is 0. The number of fused-ring (bicyclic) bond motifs is 1. The molecule has 0 amide bonds. The van der Waals surface area contributed by atoms with Crippen molar-refractivity contribution in [3.05, 3.63) is 29.8 Å². The van der Waals surface area contributed by atoms with Crippen LogP contribution in [-0.2, 0) is 6.42 Å². The monoisotopic (exact) mass is 180 g/mol. The Bertz CT molecular complexity index is 262. The molecule has 1 aromatic rings. The first-order chi connectivity index (χ1) is 5.38. The topological polar surface area (TPSA) is 0 Å². The molecule has 1 aliphatic heterocycles. The summed E-state index contributed by atoms with van der Waals surface area (Å²) >= 11 is 6.43. The van der Waals surface area contributed by atoms with Crippen LogP contribution in [0, 0.1) is 0 Å². The fourth-order valence-corrected chi connectivity index (χ4v) is 2.91. The first-order valence-electron chi connectivity index (χ1n) is 3.75. The van der Waals surface area contributed by atoms with E-state index >= 15 is 0 Å². The lowest BCUT2D eigenvalue weighted by Gasteiger charge is -2.18. The molecule has 3 heteroatoms. The Morgan fingerprint density at radius 3 is 3.00 bits per heavy atom. The van der Waals surface area contributed by atoms with Crippen molar-refractivity contribution in [3.63, 3.8) is 0 Å². The van der Waals surface area contributed by atoms with Crippen LogP contribution in [0.3, 0.4) is 0 Å². The molecule has 0 spiro atoms. The van der Waals surface area contributed by atoms with Gasteiger partial charge in [-0.25, -0.2) is 12.5 Å². The largest absolute Gasteiger partial charge is 0.304 e. The molecule has 0 unspecified atom stereocenters. The van der Waals surface area contributed by atoms with Crippen LogP contribution in [0.2, 0.25) is 0 Å². The molecule has 0 aromatic heterocycles. The summed E-state index contributed by atoms with van der Waals surface area (Å²) in [5, 5.41) is 0.403. The number of thiol groups is 1. The first-order valence-corrected chi connectivity index (χ1v) is 5.32. The molecular weight excluding hydrogens is 171 g/mol. The van der Waals surface area contributed by atoms with Gasteiger partial charge in [0.05, 0.1) is 0 Å². The van der Waals surface area contributed by atoms with E-state index in [0.29, 0.717) is 5.27 Å². The number of benzene rings is 1. The van der Waals surface area contributed by atoms with Crippen molar-refractivity contribution in [2.24, 2.45) is 0 Å². The highest BCUT2D eigenvalue weighted by atomic mass is 32.2. The minimum atomic E-state index is 0.403. The standard InChI is InChI=1S/C8H9BS2/c10-9-8-4-2-1-3-7(8)5-6-11-9/h1-4,10H,5-6H2. The third-order valence-corrected chi connectivity index (χ3v) is 3.70. The van der Waals surface area contributed by atoms with Crippen molar-refractivity contribution in [1.82, 2.24) is 0 Å². The predicted molar refractivity (Wildman–Crippen MR) is 57.0 cm³/mol. The second-order valence-electron chi connectivity index (χ2n) is 2.67. The third-order valence-electron chi connectivity index (χ3n) is 1.97. The van der Waals surface area contributed by atoms with E-state index in [0.717, 1.165) is 0 Å². The molecule has 0 aliphatic carbocycles. The summed E-state index contributed by atoms with van der Waals surface area (Å²) < 4.78 is 0. The molecule has 1 aliphatic rings. The second kappa shape index (κ2) is 3.15. The van der Waals surface area contributed by atoms with Crippen LogP contribution in [0.4, 0.5) is 0 Å². The molecule has 56 valence electrons. The summed E-state index contributed by atoms with van der Waals surface area (Å²) in [5.41, 5.74) is 2.89. The lowest BCUT2D eigenvalue weighted by atomic mass is 9.86. The molecule has 0 atom stereocenters. The van der Waals surface area contributed by atoms with Crippen molar-refractivity contribution in [1.29, 1.82) is 0 Å². The quantitative estimate of drug-likeness (QED) is 0.467. The molecule has 0 nitrogen and oxygen atoms in total. The minimum Gasteiger partial charge on any atom is -0.208 e. The zero-order valence-corrected chi connectivity index (χ0v) is 7.87. The van der Waals surface area contributed by atoms with Crippen LogP contribution >= 0.6 is 24.1 Å². The number of rotatable bonds is 0. The highest BCUT2D eigenvalue weighted by Gasteiger charge is 2.19. The van der Waals surface area contributed by atoms with Crippen molar-refractivity contribution in [2.45, 2.75) is 6.42 Å². The lowest BCUT2D eigenvalue weighted by Crippen LogP contribution is -2.30. The Balaban J connectivity index is 2.44. The van der Waals surface area contributed by atoms with Gasteiger partial charge in [-0.3, -0.25) is 0 Å². The number of hydrogen-bond acceptors (Lipinski definition) is 2. The van der Waals surface area contributed by atoms with E-state index in [1.165, 1.54) is 23.2 Å². The van der Waals surface area contributed by atoms with Crippen molar-refractivity contribution in [2.75, 3.05) is 5.75 Å². The number of aryl methyl sites for hydroxylation is 1. The lowest BCUT2D eigenvalue weighted by molar-refractivity contribution is 1.17. The fraction of sp³-hybridized carbons (Fsp3) is 0.250. The summed E-state index contributed by atoms with van der Waals surface area (Å²) in [7, 11) is 0. The molecule has 0 bridgehead atoms. The normalized spacial score (nSPS) is 16.3. The van der Waals surface area contributed by atoms with Gasteiger partial charge in [-0.15, -0.1) is 0 Å². The highest BCUT2D eigenvalue weighted by molar-refractivity contribution is 8.49. The van der Waals surface area contributed by atoms with Crippen LogP contribution in [0.1, 0.15) is 5.56 Å². The number of hydrogen-bond donors (Lipinski definition) is 1. The Labute approximate surface area is 77.1 Å². The average Bonchev–Trinajstić information content (AvgIpc) is 2.06. The zero-order valence-electron chi connectivity index (χ0n) is 6.16. The fourth-order valence-electron chi connectivity index (χ4n) is 1.37. The van der Waals surface area contributed by atoms with E-state index in [-0.39, 0.29) is 0 Å². The molecular formula is C8H9BS2. The Morgan fingerprint density at radius 1 is 1.36 bits per heavy atom. The molecule has 0 saturated heterocycles. The van der Waals surface area contributed by atoms with E-state index in [9.17, 15) is 0 Å². The van der Waals surface area contributed by atoms with E-state index in [1.54, 1.807) is 0 Å². The van der Waals surface area contributed by atoms with E-state index in [2.05, 4.69) is 36.7 Å². The van der Waals surface area contributed by atoms with Crippen LogP contribution in [-0.4, -0.2) is 11.0 Å². The predicted octanol–water partition coefficient (Wildman–Crippen LogP) is 1.60. The van der Waals surface area contributed by atoms with Gasteiger partial charge in [-0.1, -0.05) is 35.3 Å². The van der Waals surface area contributed by atoms with Gasteiger partial charge in [0.1, 0.15) is 0 Å². The Morgan fingerprint density at radius 2 is 2.18 bits per heavy atom. The Hall–Kier alpha value is -0.0151. The maximum absolute atomic E-state index is 4.50. The van der Waals surface area contributed by atoms with Crippen molar-refractivity contribution in [3.8, 4) is 0 Å². The van der Waals surface area contributed by atoms with Crippen molar-refractivity contribution >= 4 is 34.8 Å². The third kappa shape index (κ3) is 1.45.